The van der Waals surface area contributed by atoms with E-state index < -0.39 is 0 Å². The monoisotopic (exact) mass is 266 g/mol. The van der Waals surface area contributed by atoms with Crippen molar-refractivity contribution in [2.45, 2.75) is 40.0 Å². The zero-order valence-electron chi connectivity index (χ0n) is 12.9. The van der Waals surface area contributed by atoms with Crippen molar-refractivity contribution in [1.29, 1.82) is 0 Å². The van der Waals surface area contributed by atoms with Crippen LogP contribution in [-0.2, 0) is 5.41 Å². The van der Waals surface area contributed by atoms with Crippen LogP contribution in [0.3, 0.4) is 0 Å². The van der Waals surface area contributed by atoms with Gasteiger partial charge in [-0.25, -0.2) is 0 Å². The first-order valence-corrected chi connectivity index (χ1v) is 6.96. The molecule has 0 radical (unpaired) electrons. The Morgan fingerprint density at radius 1 is 0.800 bits per heavy atom. The number of hydrogen-bond donors (Lipinski definition) is 0. The molecule has 0 aromatic heterocycles. The second-order valence-corrected chi connectivity index (χ2v) is 6.24. The summed E-state index contributed by atoms with van der Waals surface area (Å²) in [7, 11) is 0. The molecule has 0 aliphatic carbocycles. The minimum Gasteiger partial charge on any atom is -0.151 e. The van der Waals surface area contributed by atoms with Gasteiger partial charge in [-0.3, -0.25) is 0 Å². The minimum absolute atomic E-state index is 0.162. The van der Waals surface area contributed by atoms with Gasteiger partial charge in [-0.05, 0) is 54.2 Å². The third-order valence-corrected chi connectivity index (χ3v) is 3.41. The van der Waals surface area contributed by atoms with Crippen molar-refractivity contribution in [2.75, 3.05) is 0 Å². The van der Waals surface area contributed by atoms with Crippen molar-refractivity contribution in [3.8, 4) is 0 Å². The summed E-state index contributed by atoms with van der Waals surface area (Å²) < 4.78 is 0. The molecule has 0 bridgehead atoms. The van der Waals surface area contributed by atoms with Gasteiger partial charge in [0, 0.05) is 0 Å². The highest BCUT2D eigenvalue weighted by molar-refractivity contribution is 5.48. The average molecular weight is 266 g/mol. The number of aryl methyl sites for hydroxylation is 2. The molecule has 0 amide bonds. The second kappa shape index (κ2) is 5.58. The summed E-state index contributed by atoms with van der Waals surface area (Å²) >= 11 is 0. The molecule has 0 spiro atoms. The molecule has 2 heteroatoms. The van der Waals surface area contributed by atoms with E-state index in [0.29, 0.717) is 0 Å². The van der Waals surface area contributed by atoms with Crippen molar-refractivity contribution in [2.24, 2.45) is 10.2 Å². The van der Waals surface area contributed by atoms with Gasteiger partial charge in [0.1, 0.15) is 0 Å². The van der Waals surface area contributed by atoms with E-state index in [0.717, 1.165) is 16.9 Å². The van der Waals surface area contributed by atoms with Gasteiger partial charge in [-0.15, -0.1) is 0 Å². The van der Waals surface area contributed by atoms with Crippen LogP contribution < -0.4 is 0 Å². The van der Waals surface area contributed by atoms with E-state index in [4.69, 9.17) is 0 Å². The number of azo groups is 1. The molecule has 0 unspecified atom stereocenters. The first kappa shape index (κ1) is 14.4. The van der Waals surface area contributed by atoms with Crippen LogP contribution in [0.25, 0.3) is 0 Å². The molecule has 0 fully saturated rings. The maximum absolute atomic E-state index is 4.35. The number of rotatable bonds is 2. The Morgan fingerprint density at radius 2 is 1.50 bits per heavy atom. The van der Waals surface area contributed by atoms with E-state index in [2.05, 4.69) is 50.1 Å². The van der Waals surface area contributed by atoms with E-state index in [-0.39, 0.29) is 5.41 Å². The van der Waals surface area contributed by atoms with E-state index in [1.165, 1.54) is 11.1 Å². The highest BCUT2D eigenvalue weighted by atomic mass is 15.1. The zero-order chi connectivity index (χ0) is 14.8. The molecule has 0 aliphatic rings. The quantitative estimate of drug-likeness (QED) is 0.594. The largest absolute Gasteiger partial charge is 0.151 e. The first-order valence-electron chi connectivity index (χ1n) is 6.96. The molecule has 0 N–H and O–H groups in total. The Balaban J connectivity index is 2.28. The number of hydrogen-bond acceptors (Lipinski definition) is 2. The molecular weight excluding hydrogens is 244 g/mol. The predicted molar refractivity (Wildman–Crippen MR) is 85.2 cm³/mol. The molecule has 2 nitrogen and oxygen atoms in total. The van der Waals surface area contributed by atoms with Crippen LogP contribution in [0.1, 0.15) is 37.5 Å². The Labute approximate surface area is 121 Å². The molecule has 20 heavy (non-hydrogen) atoms. The predicted octanol–water partition coefficient (Wildman–Crippen LogP) is 6.02. The van der Waals surface area contributed by atoms with Crippen LogP contribution in [-0.4, -0.2) is 0 Å². The smallest absolute Gasteiger partial charge is 0.0886 e. The summed E-state index contributed by atoms with van der Waals surface area (Å²) in [4.78, 5) is 0. The summed E-state index contributed by atoms with van der Waals surface area (Å²) in [5, 5.41) is 8.68. The van der Waals surface area contributed by atoms with Crippen LogP contribution >= 0.6 is 0 Å². The Kier molecular flexibility index (Phi) is 4.03. The molecule has 0 saturated carbocycles. The van der Waals surface area contributed by atoms with Crippen molar-refractivity contribution in [3.05, 3.63) is 59.2 Å². The van der Waals surface area contributed by atoms with Gasteiger partial charge in [-0.2, -0.15) is 10.2 Å². The van der Waals surface area contributed by atoms with E-state index in [1.807, 2.05) is 37.3 Å². The third-order valence-electron chi connectivity index (χ3n) is 3.41. The zero-order valence-corrected chi connectivity index (χ0v) is 12.9. The third kappa shape index (κ3) is 3.32. The SMILES string of the molecule is Cc1ccccc1/N=N/c1ccc(C(C)(C)C)c(C)c1. The van der Waals surface area contributed by atoms with E-state index in [9.17, 15) is 0 Å². The maximum atomic E-state index is 4.35. The van der Waals surface area contributed by atoms with E-state index in [1.54, 1.807) is 0 Å². The molecule has 2 aromatic rings. The van der Waals surface area contributed by atoms with Crippen LogP contribution in [0.2, 0.25) is 0 Å². The maximum Gasteiger partial charge on any atom is 0.0886 e. The van der Waals surface area contributed by atoms with Crippen LogP contribution in [0.5, 0.6) is 0 Å². The standard InChI is InChI=1S/C18H22N2/c1-13-8-6-7-9-17(13)20-19-15-10-11-16(14(2)12-15)18(3,4)5/h6-12H,1-5H3/b20-19+. The minimum atomic E-state index is 0.162. The van der Waals surface area contributed by atoms with Crippen LogP contribution in [0, 0.1) is 13.8 Å². The summed E-state index contributed by atoms with van der Waals surface area (Å²) in [6.07, 6.45) is 0. The van der Waals surface area contributed by atoms with Crippen molar-refractivity contribution >= 4 is 11.4 Å². The fraction of sp³-hybridized carbons (Fsp3) is 0.333. The lowest BCUT2D eigenvalue weighted by molar-refractivity contribution is 0.586. The van der Waals surface area contributed by atoms with Crippen molar-refractivity contribution in [1.82, 2.24) is 0 Å². The molecule has 0 saturated heterocycles. The molecule has 0 aliphatic heterocycles. The highest BCUT2D eigenvalue weighted by Crippen LogP contribution is 2.29. The normalized spacial score (nSPS) is 12.1. The Morgan fingerprint density at radius 3 is 2.10 bits per heavy atom. The number of benzene rings is 2. The van der Waals surface area contributed by atoms with Crippen molar-refractivity contribution < 1.29 is 0 Å². The van der Waals surface area contributed by atoms with Gasteiger partial charge in [0.25, 0.3) is 0 Å². The number of nitrogens with zero attached hydrogens (tertiary/aromatic N) is 2. The highest BCUT2D eigenvalue weighted by Gasteiger charge is 2.15. The molecule has 0 heterocycles. The molecule has 2 rings (SSSR count). The lowest BCUT2D eigenvalue weighted by atomic mass is 9.84. The van der Waals surface area contributed by atoms with Crippen LogP contribution in [0.15, 0.2) is 52.7 Å². The van der Waals surface area contributed by atoms with Gasteiger partial charge in [-0.1, -0.05) is 45.0 Å². The topological polar surface area (TPSA) is 24.7 Å². The van der Waals surface area contributed by atoms with Gasteiger partial charge < -0.3 is 0 Å². The lowest BCUT2D eigenvalue weighted by Crippen LogP contribution is -2.12. The Bertz CT molecular complexity index is 634. The summed E-state index contributed by atoms with van der Waals surface area (Å²) in [5.74, 6) is 0. The fourth-order valence-corrected chi connectivity index (χ4v) is 2.34. The van der Waals surface area contributed by atoms with Crippen LogP contribution in [0.4, 0.5) is 11.4 Å². The molecular formula is C18H22N2. The van der Waals surface area contributed by atoms with Crippen molar-refractivity contribution in [3.63, 3.8) is 0 Å². The Hall–Kier alpha value is -1.96. The molecule has 2 aromatic carbocycles. The van der Waals surface area contributed by atoms with Gasteiger partial charge in [0.05, 0.1) is 11.4 Å². The molecule has 0 atom stereocenters. The fourth-order valence-electron chi connectivity index (χ4n) is 2.34. The van der Waals surface area contributed by atoms with Gasteiger partial charge >= 0.3 is 0 Å². The second-order valence-electron chi connectivity index (χ2n) is 6.24. The first-order chi connectivity index (χ1) is 9.38. The summed E-state index contributed by atoms with van der Waals surface area (Å²) in [5.41, 5.74) is 5.74. The van der Waals surface area contributed by atoms with Gasteiger partial charge in [0.15, 0.2) is 0 Å². The lowest BCUT2D eigenvalue weighted by Gasteiger charge is -2.21. The molecule has 104 valence electrons. The summed E-state index contributed by atoms with van der Waals surface area (Å²) in [6, 6.07) is 14.3. The van der Waals surface area contributed by atoms with E-state index >= 15 is 0 Å². The van der Waals surface area contributed by atoms with Gasteiger partial charge in [0.2, 0.25) is 0 Å². The summed E-state index contributed by atoms with van der Waals surface area (Å²) in [6.45, 7) is 10.9. The average Bonchev–Trinajstić information content (AvgIpc) is 2.36.